The number of hydrogen-bond acceptors (Lipinski definition) is 1. The highest BCUT2D eigenvalue weighted by Gasteiger charge is 2.13. The van der Waals surface area contributed by atoms with Crippen LogP contribution in [0.1, 0.15) is 44.4 Å². The molecule has 0 aliphatic heterocycles. The SMILES string of the molecule is C/C(=C\C(=O)O)c1ccc2c(ccn2Cc2ccc(C(C)(C)C)cc2)c1. The molecule has 0 unspecified atom stereocenters. The van der Waals surface area contributed by atoms with Crippen LogP contribution in [0.5, 0.6) is 0 Å². The van der Waals surface area contributed by atoms with E-state index < -0.39 is 5.97 Å². The van der Waals surface area contributed by atoms with Crippen LogP contribution in [0.25, 0.3) is 16.5 Å². The lowest BCUT2D eigenvalue weighted by Crippen LogP contribution is -2.10. The van der Waals surface area contributed by atoms with Gasteiger partial charge >= 0.3 is 5.97 Å². The number of allylic oxidation sites excluding steroid dienone is 1. The molecule has 0 fully saturated rings. The third kappa shape index (κ3) is 3.88. The molecule has 26 heavy (non-hydrogen) atoms. The van der Waals surface area contributed by atoms with Gasteiger partial charge in [-0.25, -0.2) is 4.79 Å². The van der Waals surface area contributed by atoms with Gasteiger partial charge in [-0.05, 0) is 52.8 Å². The lowest BCUT2D eigenvalue weighted by molar-refractivity contribution is -0.131. The van der Waals surface area contributed by atoms with Crippen LogP contribution in [0.4, 0.5) is 0 Å². The second kappa shape index (κ2) is 6.83. The number of carbonyl (C=O) groups is 1. The predicted molar refractivity (Wildman–Crippen MR) is 107 cm³/mol. The number of benzene rings is 2. The molecule has 1 heterocycles. The Morgan fingerprint density at radius 2 is 1.77 bits per heavy atom. The van der Waals surface area contributed by atoms with Crippen molar-refractivity contribution in [1.29, 1.82) is 0 Å². The van der Waals surface area contributed by atoms with E-state index in [2.05, 4.69) is 67.9 Å². The van der Waals surface area contributed by atoms with Gasteiger partial charge in [0.15, 0.2) is 0 Å². The van der Waals surface area contributed by atoms with Crippen molar-refractivity contribution in [3.63, 3.8) is 0 Å². The fourth-order valence-corrected chi connectivity index (χ4v) is 3.16. The Morgan fingerprint density at radius 3 is 2.38 bits per heavy atom. The lowest BCUT2D eigenvalue weighted by atomic mass is 9.87. The minimum absolute atomic E-state index is 0.163. The molecular weight excluding hydrogens is 322 g/mol. The highest BCUT2D eigenvalue weighted by molar-refractivity contribution is 5.91. The number of carboxylic acids is 1. The van der Waals surface area contributed by atoms with Crippen LogP contribution < -0.4 is 0 Å². The minimum atomic E-state index is -0.918. The molecular formula is C23H25NO2. The Bertz CT molecular complexity index is 970. The summed E-state index contributed by atoms with van der Waals surface area (Å²) in [5.74, 6) is -0.918. The summed E-state index contributed by atoms with van der Waals surface area (Å²) in [4.78, 5) is 10.9. The summed E-state index contributed by atoms with van der Waals surface area (Å²) in [5.41, 5.74) is 5.61. The molecule has 0 bridgehead atoms. The van der Waals surface area contributed by atoms with Crippen molar-refractivity contribution in [2.75, 3.05) is 0 Å². The third-order valence-electron chi connectivity index (χ3n) is 4.74. The molecule has 0 radical (unpaired) electrons. The Balaban J connectivity index is 1.87. The highest BCUT2D eigenvalue weighted by Crippen LogP contribution is 2.25. The van der Waals surface area contributed by atoms with Gasteiger partial charge in [0.2, 0.25) is 0 Å². The van der Waals surface area contributed by atoms with E-state index in [0.29, 0.717) is 0 Å². The summed E-state index contributed by atoms with van der Waals surface area (Å²) < 4.78 is 2.22. The van der Waals surface area contributed by atoms with Crippen molar-refractivity contribution in [2.24, 2.45) is 0 Å². The molecule has 0 amide bonds. The van der Waals surface area contributed by atoms with Crippen LogP contribution in [0.2, 0.25) is 0 Å². The fourth-order valence-electron chi connectivity index (χ4n) is 3.16. The summed E-state index contributed by atoms with van der Waals surface area (Å²) >= 11 is 0. The van der Waals surface area contributed by atoms with Crippen LogP contribution in [0, 0.1) is 0 Å². The monoisotopic (exact) mass is 347 g/mol. The molecule has 0 saturated heterocycles. The Kier molecular flexibility index (Phi) is 4.73. The summed E-state index contributed by atoms with van der Waals surface area (Å²) in [6.07, 6.45) is 3.33. The molecule has 0 spiro atoms. The van der Waals surface area contributed by atoms with Gasteiger partial charge in [-0.1, -0.05) is 51.1 Å². The predicted octanol–water partition coefficient (Wildman–Crippen LogP) is 5.48. The topological polar surface area (TPSA) is 42.2 Å². The standard InChI is InChI=1S/C23H25NO2/c1-16(13-22(25)26)18-7-10-21-19(14-18)11-12-24(21)15-17-5-8-20(9-6-17)23(2,3)4/h5-14H,15H2,1-4H3,(H,25,26)/b16-13+. The Morgan fingerprint density at radius 1 is 1.08 bits per heavy atom. The number of fused-ring (bicyclic) bond motifs is 1. The van der Waals surface area contributed by atoms with Crippen LogP contribution in [-0.4, -0.2) is 15.6 Å². The van der Waals surface area contributed by atoms with Gasteiger partial charge in [0, 0.05) is 29.7 Å². The van der Waals surface area contributed by atoms with Crippen molar-refractivity contribution < 1.29 is 9.90 Å². The van der Waals surface area contributed by atoms with Gasteiger partial charge in [0.1, 0.15) is 0 Å². The van der Waals surface area contributed by atoms with E-state index in [4.69, 9.17) is 5.11 Å². The molecule has 134 valence electrons. The molecule has 3 nitrogen and oxygen atoms in total. The maximum atomic E-state index is 10.9. The molecule has 3 aromatic rings. The zero-order valence-corrected chi connectivity index (χ0v) is 15.8. The van der Waals surface area contributed by atoms with Gasteiger partial charge in [-0.15, -0.1) is 0 Å². The fraction of sp³-hybridized carbons (Fsp3) is 0.261. The van der Waals surface area contributed by atoms with Gasteiger partial charge < -0.3 is 9.67 Å². The number of carboxylic acid groups (broad SMARTS) is 1. The second-order valence-corrected chi connectivity index (χ2v) is 7.83. The molecule has 0 aliphatic rings. The van der Waals surface area contributed by atoms with E-state index in [1.807, 2.05) is 19.1 Å². The number of hydrogen-bond donors (Lipinski definition) is 1. The maximum absolute atomic E-state index is 10.9. The maximum Gasteiger partial charge on any atom is 0.328 e. The summed E-state index contributed by atoms with van der Waals surface area (Å²) in [5, 5.41) is 10.0. The van der Waals surface area contributed by atoms with Crippen LogP contribution in [0.3, 0.4) is 0 Å². The second-order valence-electron chi connectivity index (χ2n) is 7.83. The van der Waals surface area contributed by atoms with E-state index >= 15 is 0 Å². The third-order valence-corrected chi connectivity index (χ3v) is 4.74. The lowest BCUT2D eigenvalue weighted by Gasteiger charge is -2.19. The first-order chi connectivity index (χ1) is 12.2. The molecule has 3 heteroatoms. The van der Waals surface area contributed by atoms with Crippen molar-refractivity contribution in [3.8, 4) is 0 Å². The average Bonchev–Trinajstić information content (AvgIpc) is 2.96. The summed E-state index contributed by atoms with van der Waals surface area (Å²) in [6, 6.07) is 17.0. The van der Waals surface area contributed by atoms with E-state index in [1.54, 1.807) is 0 Å². The van der Waals surface area contributed by atoms with Gasteiger partial charge in [0.25, 0.3) is 0 Å². The quantitative estimate of drug-likeness (QED) is 0.635. The largest absolute Gasteiger partial charge is 0.478 e. The van der Waals surface area contributed by atoms with Crippen molar-refractivity contribution >= 4 is 22.4 Å². The van der Waals surface area contributed by atoms with E-state index in [0.717, 1.165) is 28.6 Å². The Hall–Kier alpha value is -2.81. The minimum Gasteiger partial charge on any atom is -0.478 e. The zero-order chi connectivity index (χ0) is 18.9. The average molecular weight is 347 g/mol. The molecule has 0 atom stereocenters. The number of rotatable bonds is 4. The molecule has 0 aliphatic carbocycles. The van der Waals surface area contributed by atoms with Crippen LogP contribution in [-0.2, 0) is 16.8 Å². The van der Waals surface area contributed by atoms with Crippen LogP contribution >= 0.6 is 0 Å². The van der Waals surface area contributed by atoms with E-state index in [9.17, 15) is 4.79 Å². The first-order valence-corrected chi connectivity index (χ1v) is 8.84. The zero-order valence-electron chi connectivity index (χ0n) is 15.8. The number of aromatic nitrogens is 1. The molecule has 0 saturated carbocycles. The van der Waals surface area contributed by atoms with Crippen LogP contribution in [0.15, 0.2) is 60.8 Å². The summed E-state index contributed by atoms with van der Waals surface area (Å²) in [7, 11) is 0. The van der Waals surface area contributed by atoms with Crippen molar-refractivity contribution in [2.45, 2.75) is 39.7 Å². The van der Waals surface area contributed by atoms with E-state index in [-0.39, 0.29) is 5.41 Å². The normalized spacial score (nSPS) is 12.5. The van der Waals surface area contributed by atoms with E-state index in [1.165, 1.54) is 17.2 Å². The van der Waals surface area contributed by atoms with Crippen molar-refractivity contribution in [3.05, 3.63) is 77.5 Å². The summed E-state index contributed by atoms with van der Waals surface area (Å²) in [6.45, 7) is 9.31. The molecule has 1 N–H and O–H groups in total. The smallest absolute Gasteiger partial charge is 0.328 e. The molecule has 2 aromatic carbocycles. The van der Waals surface area contributed by atoms with Gasteiger partial charge in [0.05, 0.1) is 0 Å². The first kappa shape index (κ1) is 18.0. The molecule has 3 rings (SSSR count). The Labute approximate surface area is 154 Å². The van der Waals surface area contributed by atoms with Gasteiger partial charge in [-0.2, -0.15) is 0 Å². The number of nitrogens with zero attached hydrogens (tertiary/aromatic N) is 1. The highest BCUT2D eigenvalue weighted by atomic mass is 16.4. The number of aliphatic carboxylic acids is 1. The first-order valence-electron chi connectivity index (χ1n) is 8.84. The van der Waals surface area contributed by atoms with Gasteiger partial charge in [-0.3, -0.25) is 0 Å². The van der Waals surface area contributed by atoms with Crippen molar-refractivity contribution in [1.82, 2.24) is 4.57 Å². The molecule has 1 aromatic heterocycles.